The van der Waals surface area contributed by atoms with E-state index in [2.05, 4.69) is 11.8 Å². The van der Waals surface area contributed by atoms with Crippen LogP contribution >= 0.6 is 0 Å². The number of aryl methyl sites for hydroxylation is 1. The second kappa shape index (κ2) is 7.47. The van der Waals surface area contributed by atoms with E-state index in [4.69, 9.17) is 9.84 Å². The summed E-state index contributed by atoms with van der Waals surface area (Å²) in [6, 6.07) is 12.2. The van der Waals surface area contributed by atoms with Gasteiger partial charge in [-0.1, -0.05) is 36.1 Å². The Hall–Kier alpha value is -2.31. The van der Waals surface area contributed by atoms with Gasteiger partial charge in [0.15, 0.2) is 0 Å². The van der Waals surface area contributed by atoms with Gasteiger partial charge in [0.2, 0.25) is 0 Å². The van der Waals surface area contributed by atoms with Crippen molar-refractivity contribution in [2.24, 2.45) is 0 Å². The molecule has 2 rings (SSSR count). The zero-order valence-electron chi connectivity index (χ0n) is 11.9. The average Bonchev–Trinajstić information content (AvgIpc) is 2.48. The Balaban J connectivity index is 2.16. The van der Waals surface area contributed by atoms with Crippen LogP contribution in [0.1, 0.15) is 23.1 Å². The van der Waals surface area contributed by atoms with Crippen molar-refractivity contribution in [3.05, 3.63) is 65.0 Å². The topological polar surface area (TPSA) is 29.5 Å². The SMILES string of the molecule is Cc1ccc(OCc2ccccc2F)c(C#CCCO)c1. The van der Waals surface area contributed by atoms with Crippen LogP contribution in [0.15, 0.2) is 42.5 Å². The zero-order chi connectivity index (χ0) is 15.1. The highest BCUT2D eigenvalue weighted by Crippen LogP contribution is 2.21. The molecule has 0 saturated carbocycles. The first kappa shape index (κ1) is 15.1. The van der Waals surface area contributed by atoms with E-state index >= 15 is 0 Å². The standard InChI is InChI=1S/C18H17FO2/c1-14-9-10-18(15(12-14)6-4-5-11-20)21-13-16-7-2-3-8-17(16)19/h2-3,7-10,12,20H,5,11,13H2,1H3. The van der Waals surface area contributed by atoms with Crippen LogP contribution in [-0.2, 0) is 6.61 Å². The summed E-state index contributed by atoms with van der Waals surface area (Å²) in [6.45, 7) is 2.16. The van der Waals surface area contributed by atoms with Gasteiger partial charge in [-0.25, -0.2) is 4.39 Å². The molecule has 0 aliphatic rings. The molecule has 2 nitrogen and oxygen atoms in total. The number of aliphatic hydroxyl groups is 1. The van der Waals surface area contributed by atoms with Crippen molar-refractivity contribution < 1.29 is 14.2 Å². The highest BCUT2D eigenvalue weighted by atomic mass is 19.1. The molecule has 0 heterocycles. The van der Waals surface area contributed by atoms with E-state index < -0.39 is 0 Å². The largest absolute Gasteiger partial charge is 0.487 e. The molecule has 0 unspecified atom stereocenters. The molecule has 0 aliphatic carbocycles. The molecule has 0 amide bonds. The number of ether oxygens (including phenoxy) is 1. The molecule has 2 aromatic rings. The van der Waals surface area contributed by atoms with Gasteiger partial charge >= 0.3 is 0 Å². The summed E-state index contributed by atoms with van der Waals surface area (Å²) in [4.78, 5) is 0. The molecule has 0 fully saturated rings. The van der Waals surface area contributed by atoms with Crippen LogP contribution in [0.2, 0.25) is 0 Å². The van der Waals surface area contributed by atoms with E-state index in [-0.39, 0.29) is 19.0 Å². The molecule has 0 bridgehead atoms. The van der Waals surface area contributed by atoms with Gasteiger partial charge in [0.25, 0.3) is 0 Å². The highest BCUT2D eigenvalue weighted by Gasteiger charge is 2.05. The third kappa shape index (κ3) is 4.34. The van der Waals surface area contributed by atoms with E-state index in [1.165, 1.54) is 6.07 Å². The van der Waals surface area contributed by atoms with E-state index in [0.29, 0.717) is 17.7 Å². The maximum Gasteiger partial charge on any atom is 0.135 e. The maximum absolute atomic E-state index is 13.6. The van der Waals surface area contributed by atoms with Crippen molar-refractivity contribution in [3.8, 4) is 17.6 Å². The molecular weight excluding hydrogens is 267 g/mol. The summed E-state index contributed by atoms with van der Waals surface area (Å²) in [5.74, 6) is 6.19. The fourth-order valence-electron chi connectivity index (χ4n) is 1.85. The molecule has 0 aromatic heterocycles. The number of benzene rings is 2. The van der Waals surface area contributed by atoms with Crippen molar-refractivity contribution in [1.29, 1.82) is 0 Å². The number of halogens is 1. The molecule has 1 N–H and O–H groups in total. The second-order valence-corrected chi connectivity index (χ2v) is 4.66. The average molecular weight is 284 g/mol. The Kier molecular flexibility index (Phi) is 5.36. The van der Waals surface area contributed by atoms with Crippen LogP contribution in [-0.4, -0.2) is 11.7 Å². The van der Waals surface area contributed by atoms with Gasteiger partial charge in [0, 0.05) is 12.0 Å². The fourth-order valence-corrected chi connectivity index (χ4v) is 1.85. The van der Waals surface area contributed by atoms with Gasteiger partial charge in [0.1, 0.15) is 18.2 Å². The lowest BCUT2D eigenvalue weighted by molar-refractivity contribution is 0.299. The number of hydrogen-bond acceptors (Lipinski definition) is 2. The van der Waals surface area contributed by atoms with E-state index in [0.717, 1.165) is 11.1 Å². The first-order valence-electron chi connectivity index (χ1n) is 6.77. The molecule has 0 saturated heterocycles. The van der Waals surface area contributed by atoms with E-state index in [1.807, 2.05) is 25.1 Å². The molecule has 0 radical (unpaired) electrons. The lowest BCUT2D eigenvalue weighted by Gasteiger charge is -2.09. The molecule has 0 atom stereocenters. The third-order valence-corrected chi connectivity index (χ3v) is 2.94. The zero-order valence-corrected chi connectivity index (χ0v) is 11.9. The summed E-state index contributed by atoms with van der Waals surface area (Å²) >= 11 is 0. The Morgan fingerprint density at radius 1 is 1.19 bits per heavy atom. The quantitative estimate of drug-likeness (QED) is 0.871. The lowest BCUT2D eigenvalue weighted by atomic mass is 10.1. The fraction of sp³-hybridized carbons (Fsp3) is 0.222. The van der Waals surface area contributed by atoms with Gasteiger partial charge in [-0.2, -0.15) is 0 Å². The molecule has 0 aliphatic heterocycles. The van der Waals surface area contributed by atoms with Crippen LogP contribution < -0.4 is 4.74 Å². The van der Waals surface area contributed by atoms with Gasteiger partial charge in [0.05, 0.1) is 12.2 Å². The van der Waals surface area contributed by atoms with Crippen LogP contribution in [0, 0.1) is 24.6 Å². The Bertz CT molecular complexity index is 668. The minimum atomic E-state index is -0.280. The van der Waals surface area contributed by atoms with Crippen LogP contribution in [0.25, 0.3) is 0 Å². The van der Waals surface area contributed by atoms with Gasteiger partial charge in [-0.05, 0) is 30.7 Å². The monoisotopic (exact) mass is 284 g/mol. The molecule has 21 heavy (non-hydrogen) atoms. The normalized spacial score (nSPS) is 9.86. The Morgan fingerprint density at radius 3 is 2.76 bits per heavy atom. The van der Waals surface area contributed by atoms with Gasteiger partial charge in [-0.3, -0.25) is 0 Å². The Morgan fingerprint density at radius 2 is 2.00 bits per heavy atom. The number of rotatable bonds is 4. The minimum absolute atomic E-state index is 0.0320. The van der Waals surface area contributed by atoms with Crippen molar-refractivity contribution in [1.82, 2.24) is 0 Å². The number of aliphatic hydroxyl groups excluding tert-OH is 1. The Labute approximate surface area is 124 Å². The number of hydrogen-bond donors (Lipinski definition) is 1. The smallest absolute Gasteiger partial charge is 0.135 e. The first-order valence-corrected chi connectivity index (χ1v) is 6.77. The van der Waals surface area contributed by atoms with Crippen molar-refractivity contribution in [2.75, 3.05) is 6.61 Å². The first-order chi connectivity index (χ1) is 10.2. The minimum Gasteiger partial charge on any atom is -0.487 e. The van der Waals surface area contributed by atoms with Crippen molar-refractivity contribution in [2.45, 2.75) is 20.0 Å². The summed E-state index contributed by atoms with van der Waals surface area (Å²) in [7, 11) is 0. The summed E-state index contributed by atoms with van der Waals surface area (Å²) in [5.41, 5.74) is 2.33. The summed E-state index contributed by atoms with van der Waals surface area (Å²) in [6.07, 6.45) is 0.417. The summed E-state index contributed by atoms with van der Waals surface area (Å²) < 4.78 is 19.3. The lowest BCUT2D eigenvalue weighted by Crippen LogP contribution is -2.00. The van der Waals surface area contributed by atoms with Crippen molar-refractivity contribution in [3.63, 3.8) is 0 Å². The van der Waals surface area contributed by atoms with Gasteiger partial charge < -0.3 is 9.84 Å². The predicted molar refractivity (Wildman–Crippen MR) is 80.5 cm³/mol. The molecular formula is C18H17FO2. The summed E-state index contributed by atoms with van der Waals surface area (Å²) in [5, 5.41) is 8.78. The predicted octanol–water partition coefficient (Wildman–Crippen LogP) is 3.45. The van der Waals surface area contributed by atoms with E-state index in [9.17, 15) is 4.39 Å². The van der Waals surface area contributed by atoms with Crippen molar-refractivity contribution >= 4 is 0 Å². The molecule has 2 aromatic carbocycles. The molecule has 0 spiro atoms. The molecule has 108 valence electrons. The second-order valence-electron chi connectivity index (χ2n) is 4.66. The van der Waals surface area contributed by atoms with Crippen LogP contribution in [0.3, 0.4) is 0 Å². The maximum atomic E-state index is 13.6. The highest BCUT2D eigenvalue weighted by molar-refractivity contribution is 5.48. The van der Waals surface area contributed by atoms with E-state index in [1.54, 1.807) is 18.2 Å². The van der Waals surface area contributed by atoms with Gasteiger partial charge in [-0.15, -0.1) is 0 Å². The van der Waals surface area contributed by atoms with Crippen LogP contribution in [0.5, 0.6) is 5.75 Å². The molecule has 3 heteroatoms. The van der Waals surface area contributed by atoms with Crippen LogP contribution in [0.4, 0.5) is 4.39 Å². The third-order valence-electron chi connectivity index (χ3n) is 2.94.